The van der Waals surface area contributed by atoms with Gasteiger partial charge in [-0.3, -0.25) is 0 Å². The Balaban J connectivity index is 2.10. The monoisotopic (exact) mass is 168 g/mol. The molecule has 0 amide bonds. The maximum Gasteiger partial charge on any atom is -0.00430 e. The maximum absolute atomic E-state index is 5.80. The summed E-state index contributed by atoms with van der Waals surface area (Å²) in [6, 6.07) is 0. The van der Waals surface area contributed by atoms with Crippen molar-refractivity contribution in [1.29, 1.82) is 0 Å². The minimum absolute atomic E-state index is 0.752. The maximum atomic E-state index is 5.80. The molecule has 0 spiro atoms. The second-order valence-corrected chi connectivity index (χ2v) is 4.47. The molecule has 4 N–H and O–H groups in total. The molecule has 2 atom stereocenters. The van der Waals surface area contributed by atoms with Gasteiger partial charge < -0.3 is 11.5 Å². The zero-order valence-corrected chi connectivity index (χ0v) is 7.71. The third-order valence-electron chi connectivity index (χ3n) is 4.12. The predicted octanol–water partition coefficient (Wildman–Crippen LogP) is 0.956. The minimum Gasteiger partial charge on any atom is -0.330 e. The van der Waals surface area contributed by atoms with E-state index in [9.17, 15) is 0 Å². The highest BCUT2D eigenvalue weighted by molar-refractivity contribution is 4.93. The van der Waals surface area contributed by atoms with E-state index < -0.39 is 0 Å². The van der Waals surface area contributed by atoms with E-state index in [1.807, 2.05) is 0 Å². The van der Waals surface area contributed by atoms with Crippen LogP contribution in [0.3, 0.4) is 0 Å². The van der Waals surface area contributed by atoms with Gasteiger partial charge in [-0.1, -0.05) is 0 Å². The highest BCUT2D eigenvalue weighted by Gasteiger charge is 2.41. The molecule has 3 fully saturated rings. The van der Waals surface area contributed by atoms with Crippen molar-refractivity contribution in [2.24, 2.45) is 35.1 Å². The van der Waals surface area contributed by atoms with Crippen LogP contribution in [0.15, 0.2) is 0 Å². The van der Waals surface area contributed by atoms with Crippen LogP contribution in [-0.2, 0) is 0 Å². The highest BCUT2D eigenvalue weighted by atomic mass is 14.7. The smallest absolute Gasteiger partial charge is 0.00430 e. The molecule has 12 heavy (non-hydrogen) atoms. The Hall–Kier alpha value is -0.0800. The van der Waals surface area contributed by atoms with Gasteiger partial charge in [-0.15, -0.1) is 0 Å². The topological polar surface area (TPSA) is 52.0 Å². The Kier molecular flexibility index (Phi) is 2.37. The van der Waals surface area contributed by atoms with Gasteiger partial charge in [0.05, 0.1) is 0 Å². The first-order valence-corrected chi connectivity index (χ1v) is 5.27. The lowest BCUT2D eigenvalue weighted by Gasteiger charge is -2.48. The molecule has 2 nitrogen and oxygen atoms in total. The molecular formula is C10H20N2. The number of hydrogen-bond donors (Lipinski definition) is 2. The van der Waals surface area contributed by atoms with Crippen LogP contribution in [0.25, 0.3) is 0 Å². The molecule has 0 aromatic carbocycles. The van der Waals surface area contributed by atoms with Crippen molar-refractivity contribution in [2.45, 2.75) is 25.7 Å². The van der Waals surface area contributed by atoms with Crippen LogP contribution in [0.1, 0.15) is 25.7 Å². The highest BCUT2D eigenvalue weighted by Crippen LogP contribution is 2.47. The van der Waals surface area contributed by atoms with E-state index in [4.69, 9.17) is 11.5 Å². The quantitative estimate of drug-likeness (QED) is 0.645. The first-order valence-electron chi connectivity index (χ1n) is 5.27. The molecule has 2 heteroatoms. The summed E-state index contributed by atoms with van der Waals surface area (Å²) in [6.45, 7) is 1.73. The Morgan fingerprint density at radius 2 is 1.08 bits per heavy atom. The van der Waals surface area contributed by atoms with Gasteiger partial charge in [0.25, 0.3) is 0 Å². The Bertz CT molecular complexity index is 132. The molecule has 0 aromatic rings. The molecule has 0 radical (unpaired) electrons. The van der Waals surface area contributed by atoms with E-state index in [0.29, 0.717) is 0 Å². The summed E-state index contributed by atoms with van der Waals surface area (Å²) in [7, 11) is 0. The van der Waals surface area contributed by atoms with Crippen molar-refractivity contribution in [3.8, 4) is 0 Å². The summed E-state index contributed by atoms with van der Waals surface area (Å²) in [5, 5.41) is 0. The molecule has 0 aromatic heterocycles. The van der Waals surface area contributed by atoms with E-state index in [1.165, 1.54) is 25.7 Å². The third kappa shape index (κ3) is 1.17. The molecule has 0 aliphatic heterocycles. The summed E-state index contributed by atoms with van der Waals surface area (Å²) < 4.78 is 0. The molecule has 70 valence electrons. The standard InChI is InChI=1S/C10H20N2/c11-5-9-7-1-2-8(4-3-7)10(9)6-12/h7-10H,1-6,11-12H2. The van der Waals surface area contributed by atoms with E-state index in [2.05, 4.69) is 0 Å². The van der Waals surface area contributed by atoms with Crippen LogP contribution in [0.5, 0.6) is 0 Å². The number of fused-ring (bicyclic) bond motifs is 3. The number of rotatable bonds is 2. The molecule has 2 bridgehead atoms. The van der Waals surface area contributed by atoms with E-state index in [1.54, 1.807) is 0 Å². The fourth-order valence-electron chi connectivity index (χ4n) is 3.43. The number of hydrogen-bond acceptors (Lipinski definition) is 2. The fraction of sp³-hybridized carbons (Fsp3) is 1.00. The molecule has 0 heterocycles. The lowest BCUT2D eigenvalue weighted by Crippen LogP contribution is -2.46. The van der Waals surface area contributed by atoms with E-state index >= 15 is 0 Å². The second kappa shape index (κ2) is 3.35. The average molecular weight is 168 g/mol. The minimum atomic E-state index is 0.752. The van der Waals surface area contributed by atoms with Gasteiger partial charge in [-0.25, -0.2) is 0 Å². The molecule has 3 rings (SSSR count). The molecule has 0 saturated heterocycles. The summed E-state index contributed by atoms with van der Waals surface area (Å²) in [5.41, 5.74) is 11.6. The predicted molar refractivity (Wildman–Crippen MR) is 50.5 cm³/mol. The van der Waals surface area contributed by atoms with Crippen LogP contribution in [0.4, 0.5) is 0 Å². The van der Waals surface area contributed by atoms with Crippen LogP contribution in [-0.4, -0.2) is 13.1 Å². The second-order valence-electron chi connectivity index (χ2n) is 4.47. The van der Waals surface area contributed by atoms with Gasteiger partial charge in [-0.2, -0.15) is 0 Å². The van der Waals surface area contributed by atoms with Crippen molar-refractivity contribution in [3.63, 3.8) is 0 Å². The number of nitrogens with two attached hydrogens (primary N) is 2. The van der Waals surface area contributed by atoms with Crippen molar-refractivity contribution in [1.82, 2.24) is 0 Å². The molecule has 3 aliphatic rings. The summed E-state index contributed by atoms with van der Waals surface area (Å²) in [4.78, 5) is 0. The summed E-state index contributed by atoms with van der Waals surface area (Å²) in [5.74, 6) is 3.33. The van der Waals surface area contributed by atoms with Crippen LogP contribution >= 0.6 is 0 Å². The largest absolute Gasteiger partial charge is 0.330 e. The third-order valence-corrected chi connectivity index (χ3v) is 4.12. The summed E-state index contributed by atoms with van der Waals surface area (Å²) >= 11 is 0. The zero-order chi connectivity index (χ0) is 8.55. The first-order chi connectivity index (χ1) is 5.86. The van der Waals surface area contributed by atoms with Gasteiger partial charge in [-0.05, 0) is 62.4 Å². The zero-order valence-electron chi connectivity index (χ0n) is 7.71. The van der Waals surface area contributed by atoms with Crippen molar-refractivity contribution in [2.75, 3.05) is 13.1 Å². The fourth-order valence-corrected chi connectivity index (χ4v) is 3.43. The first kappa shape index (κ1) is 8.52. The Labute approximate surface area is 74.7 Å². The van der Waals surface area contributed by atoms with Gasteiger partial charge >= 0.3 is 0 Å². The summed E-state index contributed by atoms with van der Waals surface area (Å²) in [6.07, 6.45) is 5.68. The van der Waals surface area contributed by atoms with E-state index in [-0.39, 0.29) is 0 Å². The lowest BCUT2D eigenvalue weighted by atomic mass is 9.58. The van der Waals surface area contributed by atoms with Crippen molar-refractivity contribution < 1.29 is 0 Å². The molecule has 3 aliphatic carbocycles. The van der Waals surface area contributed by atoms with Crippen LogP contribution < -0.4 is 11.5 Å². The Morgan fingerprint density at radius 1 is 0.750 bits per heavy atom. The van der Waals surface area contributed by atoms with Gasteiger partial charge in [0.1, 0.15) is 0 Å². The average Bonchev–Trinajstić information content (AvgIpc) is 2.18. The van der Waals surface area contributed by atoms with Gasteiger partial charge in [0.15, 0.2) is 0 Å². The normalized spacial score (nSPS) is 46.5. The molecule has 2 unspecified atom stereocenters. The van der Waals surface area contributed by atoms with E-state index in [0.717, 1.165) is 36.8 Å². The molecular weight excluding hydrogens is 148 g/mol. The van der Waals surface area contributed by atoms with Crippen LogP contribution in [0, 0.1) is 23.7 Å². The van der Waals surface area contributed by atoms with Gasteiger partial charge in [0.2, 0.25) is 0 Å². The van der Waals surface area contributed by atoms with Crippen molar-refractivity contribution in [3.05, 3.63) is 0 Å². The Morgan fingerprint density at radius 3 is 1.33 bits per heavy atom. The molecule has 3 saturated carbocycles. The van der Waals surface area contributed by atoms with Crippen LogP contribution in [0.2, 0.25) is 0 Å². The van der Waals surface area contributed by atoms with Crippen molar-refractivity contribution >= 4 is 0 Å². The SMILES string of the molecule is NCC1C2CCC(CC2)C1CN. The van der Waals surface area contributed by atoms with Gasteiger partial charge in [0, 0.05) is 0 Å². The lowest BCUT2D eigenvalue weighted by molar-refractivity contribution is 0.0337.